The van der Waals surface area contributed by atoms with Crippen LogP contribution < -0.4 is 5.32 Å². The molecule has 1 N–H and O–H groups in total. The molecule has 0 radical (unpaired) electrons. The van der Waals surface area contributed by atoms with Gasteiger partial charge in [0.25, 0.3) is 0 Å². The minimum absolute atomic E-state index is 0.502. The molecule has 0 aromatic heterocycles. The average Bonchev–Trinajstić information content (AvgIpc) is 3.24. The van der Waals surface area contributed by atoms with Gasteiger partial charge in [0.15, 0.2) is 0 Å². The van der Waals surface area contributed by atoms with Gasteiger partial charge in [-0.2, -0.15) is 0 Å². The Labute approximate surface area is 126 Å². The van der Waals surface area contributed by atoms with Crippen LogP contribution in [0.3, 0.4) is 0 Å². The summed E-state index contributed by atoms with van der Waals surface area (Å²) in [5.74, 6) is 0.650. The van der Waals surface area contributed by atoms with E-state index in [0.29, 0.717) is 11.3 Å². The van der Waals surface area contributed by atoms with Crippen LogP contribution in [0, 0.1) is 5.41 Å². The van der Waals surface area contributed by atoms with E-state index in [-0.39, 0.29) is 0 Å². The highest BCUT2D eigenvalue weighted by atomic mass is 35.5. The van der Waals surface area contributed by atoms with Gasteiger partial charge in [0.1, 0.15) is 0 Å². The van der Waals surface area contributed by atoms with E-state index in [2.05, 4.69) is 22.3 Å². The lowest BCUT2D eigenvalue weighted by Crippen LogP contribution is -2.45. The molecule has 1 aliphatic carbocycles. The Morgan fingerprint density at radius 2 is 1.95 bits per heavy atom. The number of hydrogen-bond donors (Lipinski definition) is 1. The quantitative estimate of drug-likeness (QED) is 0.899. The summed E-state index contributed by atoms with van der Waals surface area (Å²) in [5, 5.41) is 4.45. The van der Waals surface area contributed by atoms with Crippen LogP contribution in [0.5, 0.6) is 0 Å². The van der Waals surface area contributed by atoms with Crippen molar-refractivity contribution in [3.63, 3.8) is 0 Å². The second kappa shape index (κ2) is 5.01. The molecule has 2 unspecified atom stereocenters. The topological polar surface area (TPSA) is 15.3 Å². The molecule has 0 amide bonds. The van der Waals surface area contributed by atoms with E-state index < -0.39 is 0 Å². The van der Waals surface area contributed by atoms with Crippen LogP contribution >= 0.6 is 11.6 Å². The molecule has 20 heavy (non-hydrogen) atoms. The van der Waals surface area contributed by atoms with Crippen molar-refractivity contribution in [3.8, 4) is 0 Å². The SMILES string of the molecule is Clc1ccc(C2CNCCC23CCN(C2CC2)C3)cc1. The Hall–Kier alpha value is -0.570. The maximum Gasteiger partial charge on any atom is 0.0406 e. The van der Waals surface area contributed by atoms with Gasteiger partial charge >= 0.3 is 0 Å². The molecule has 1 aromatic carbocycles. The molecule has 1 spiro atoms. The molecule has 2 heterocycles. The number of benzene rings is 1. The van der Waals surface area contributed by atoms with Crippen LogP contribution in [-0.2, 0) is 0 Å². The molecule has 2 atom stereocenters. The third kappa shape index (κ3) is 2.28. The van der Waals surface area contributed by atoms with Crippen molar-refractivity contribution in [1.82, 2.24) is 10.2 Å². The third-order valence-electron chi connectivity index (χ3n) is 5.64. The van der Waals surface area contributed by atoms with Crippen molar-refractivity contribution in [2.45, 2.75) is 37.6 Å². The summed E-state index contributed by atoms with van der Waals surface area (Å²) < 4.78 is 0. The normalized spacial score (nSPS) is 34.8. The van der Waals surface area contributed by atoms with Gasteiger partial charge in [-0.25, -0.2) is 0 Å². The largest absolute Gasteiger partial charge is 0.316 e. The highest BCUT2D eigenvalue weighted by Crippen LogP contribution is 2.49. The molecule has 2 saturated heterocycles. The van der Waals surface area contributed by atoms with Crippen LogP contribution in [0.25, 0.3) is 0 Å². The van der Waals surface area contributed by atoms with E-state index in [0.717, 1.165) is 17.6 Å². The summed E-state index contributed by atoms with van der Waals surface area (Å²) in [6, 6.07) is 9.48. The zero-order valence-corrected chi connectivity index (χ0v) is 12.7. The fraction of sp³-hybridized carbons (Fsp3) is 0.647. The van der Waals surface area contributed by atoms with Crippen molar-refractivity contribution < 1.29 is 0 Å². The number of likely N-dealkylation sites (tertiary alicyclic amines) is 1. The van der Waals surface area contributed by atoms with Crippen molar-refractivity contribution in [1.29, 1.82) is 0 Å². The highest BCUT2D eigenvalue weighted by molar-refractivity contribution is 6.30. The maximum absolute atomic E-state index is 6.05. The molecule has 2 aliphatic heterocycles. The zero-order valence-electron chi connectivity index (χ0n) is 11.9. The first-order chi connectivity index (χ1) is 9.77. The molecule has 108 valence electrons. The Kier molecular flexibility index (Phi) is 3.29. The summed E-state index contributed by atoms with van der Waals surface area (Å²) in [5.41, 5.74) is 1.97. The lowest BCUT2D eigenvalue weighted by Gasteiger charge is -2.42. The lowest BCUT2D eigenvalue weighted by atomic mass is 9.67. The first-order valence-corrected chi connectivity index (χ1v) is 8.35. The average molecular weight is 291 g/mol. The van der Waals surface area contributed by atoms with E-state index in [4.69, 9.17) is 11.6 Å². The van der Waals surface area contributed by atoms with E-state index in [9.17, 15) is 0 Å². The van der Waals surface area contributed by atoms with Gasteiger partial charge in [-0.3, -0.25) is 4.90 Å². The predicted octanol–water partition coefficient (Wildman–Crippen LogP) is 3.27. The van der Waals surface area contributed by atoms with Gasteiger partial charge in [-0.05, 0) is 61.9 Å². The van der Waals surface area contributed by atoms with Crippen LogP contribution in [-0.4, -0.2) is 37.1 Å². The number of nitrogens with zero attached hydrogens (tertiary/aromatic N) is 1. The number of nitrogens with one attached hydrogen (secondary N) is 1. The minimum Gasteiger partial charge on any atom is -0.316 e. The molecular weight excluding hydrogens is 268 g/mol. The second-order valence-corrected chi connectivity index (χ2v) is 7.31. The predicted molar refractivity (Wildman–Crippen MR) is 83.3 cm³/mol. The second-order valence-electron chi connectivity index (χ2n) is 6.87. The molecule has 3 heteroatoms. The first-order valence-electron chi connectivity index (χ1n) is 7.97. The summed E-state index contributed by atoms with van der Waals surface area (Å²) in [4.78, 5) is 2.76. The Bertz CT molecular complexity index is 482. The van der Waals surface area contributed by atoms with E-state index in [1.807, 2.05) is 12.1 Å². The highest BCUT2D eigenvalue weighted by Gasteiger charge is 2.48. The van der Waals surface area contributed by atoms with Crippen molar-refractivity contribution in [2.24, 2.45) is 5.41 Å². The first kappa shape index (κ1) is 13.1. The van der Waals surface area contributed by atoms with Crippen molar-refractivity contribution >= 4 is 11.6 Å². The van der Waals surface area contributed by atoms with Gasteiger partial charge in [0.2, 0.25) is 0 Å². The van der Waals surface area contributed by atoms with Gasteiger partial charge in [-0.15, -0.1) is 0 Å². The number of halogens is 1. The molecule has 1 saturated carbocycles. The Morgan fingerprint density at radius 3 is 2.70 bits per heavy atom. The number of piperidine rings is 1. The smallest absolute Gasteiger partial charge is 0.0406 e. The third-order valence-corrected chi connectivity index (χ3v) is 5.89. The molecular formula is C17H23ClN2. The summed E-state index contributed by atoms with van der Waals surface area (Å²) in [6.07, 6.45) is 5.56. The van der Waals surface area contributed by atoms with Crippen LogP contribution in [0.15, 0.2) is 24.3 Å². The fourth-order valence-corrected chi connectivity index (χ4v) is 4.44. The van der Waals surface area contributed by atoms with Crippen LogP contribution in [0.1, 0.15) is 37.2 Å². The summed E-state index contributed by atoms with van der Waals surface area (Å²) in [7, 11) is 0. The minimum atomic E-state index is 0.502. The van der Waals surface area contributed by atoms with Gasteiger partial charge < -0.3 is 5.32 Å². The standard InChI is InChI=1S/C17H23ClN2/c18-14-3-1-13(2-4-14)16-11-19-9-7-17(16)8-10-20(12-17)15-5-6-15/h1-4,15-16,19H,5-12H2. The summed E-state index contributed by atoms with van der Waals surface area (Å²) >= 11 is 6.05. The molecule has 1 aromatic rings. The van der Waals surface area contributed by atoms with Gasteiger partial charge in [-0.1, -0.05) is 23.7 Å². The van der Waals surface area contributed by atoms with Crippen molar-refractivity contribution in [3.05, 3.63) is 34.9 Å². The van der Waals surface area contributed by atoms with E-state index >= 15 is 0 Å². The molecule has 0 bridgehead atoms. The van der Waals surface area contributed by atoms with E-state index in [1.54, 1.807) is 0 Å². The monoisotopic (exact) mass is 290 g/mol. The van der Waals surface area contributed by atoms with Crippen LogP contribution in [0.4, 0.5) is 0 Å². The Balaban J connectivity index is 1.60. The zero-order chi connectivity index (χ0) is 13.6. The Morgan fingerprint density at radius 1 is 1.15 bits per heavy atom. The molecule has 2 nitrogen and oxygen atoms in total. The molecule has 3 fully saturated rings. The van der Waals surface area contributed by atoms with Gasteiger partial charge in [0.05, 0.1) is 0 Å². The van der Waals surface area contributed by atoms with E-state index in [1.165, 1.54) is 50.9 Å². The molecule has 4 rings (SSSR count). The number of hydrogen-bond acceptors (Lipinski definition) is 2. The summed E-state index contributed by atoms with van der Waals surface area (Å²) in [6.45, 7) is 4.93. The fourth-order valence-electron chi connectivity index (χ4n) is 4.31. The molecule has 3 aliphatic rings. The lowest BCUT2D eigenvalue weighted by molar-refractivity contribution is 0.160. The van der Waals surface area contributed by atoms with Crippen molar-refractivity contribution in [2.75, 3.05) is 26.2 Å². The maximum atomic E-state index is 6.05. The van der Waals surface area contributed by atoms with Gasteiger partial charge in [0, 0.05) is 30.1 Å². The number of rotatable bonds is 2. The van der Waals surface area contributed by atoms with Crippen LogP contribution in [0.2, 0.25) is 5.02 Å².